The highest BCUT2D eigenvalue weighted by Crippen LogP contribution is 2.37. The van der Waals surface area contributed by atoms with Crippen LogP contribution in [0.3, 0.4) is 0 Å². The maximum Gasteiger partial charge on any atom is 0.183 e. The zero-order valence-corrected chi connectivity index (χ0v) is 16.9. The highest BCUT2D eigenvalue weighted by atomic mass is 79.9. The van der Waals surface area contributed by atoms with Crippen LogP contribution < -0.4 is 4.90 Å². The number of ether oxygens (including phenoxy) is 1. The van der Waals surface area contributed by atoms with Crippen LogP contribution in [0.1, 0.15) is 0 Å². The van der Waals surface area contributed by atoms with Crippen molar-refractivity contribution in [2.24, 2.45) is 0 Å². The Morgan fingerprint density at radius 1 is 1.14 bits per heavy atom. The molecule has 4 rings (SSSR count). The van der Waals surface area contributed by atoms with Crippen molar-refractivity contribution in [3.8, 4) is 28.5 Å². The van der Waals surface area contributed by atoms with E-state index in [1.807, 2.05) is 4.90 Å². The molecule has 0 spiro atoms. The molecule has 3 heterocycles. The average Bonchev–Trinajstić information content (AvgIpc) is 2.72. The fourth-order valence-corrected chi connectivity index (χ4v) is 3.76. The Hall–Kier alpha value is -2.29. The van der Waals surface area contributed by atoms with Crippen LogP contribution in [-0.2, 0) is 4.74 Å². The lowest BCUT2D eigenvalue weighted by Gasteiger charge is -2.28. The number of nitrogens with zero attached hydrogens (tertiary/aromatic N) is 4. The molecule has 144 valence electrons. The molecule has 9 heteroatoms. The molecule has 0 bridgehead atoms. The third-order valence-corrected chi connectivity index (χ3v) is 5.06. The fourth-order valence-electron chi connectivity index (χ4n) is 2.95. The van der Waals surface area contributed by atoms with Gasteiger partial charge in [0.15, 0.2) is 17.5 Å². The molecule has 1 aromatic carbocycles. The van der Waals surface area contributed by atoms with Crippen LogP contribution >= 0.6 is 27.5 Å². The molecule has 0 atom stereocenters. The molecular formula is C19H15BrClFN4O2. The minimum Gasteiger partial charge on any atom is -0.506 e. The number of morpholine rings is 1. The largest absolute Gasteiger partial charge is 0.506 e. The Morgan fingerprint density at radius 2 is 1.89 bits per heavy atom. The van der Waals surface area contributed by atoms with Gasteiger partial charge in [-0.15, -0.1) is 0 Å². The van der Waals surface area contributed by atoms with Gasteiger partial charge in [-0.3, -0.25) is 0 Å². The van der Waals surface area contributed by atoms with E-state index in [1.54, 1.807) is 30.3 Å². The number of phenolic OH excluding ortho intramolecular Hbond substituents is 1. The van der Waals surface area contributed by atoms with Gasteiger partial charge in [0.2, 0.25) is 0 Å². The van der Waals surface area contributed by atoms with E-state index in [4.69, 9.17) is 16.3 Å². The van der Waals surface area contributed by atoms with Gasteiger partial charge in [-0.1, -0.05) is 33.6 Å². The summed E-state index contributed by atoms with van der Waals surface area (Å²) in [5, 5.41) is 10.5. The van der Waals surface area contributed by atoms with Gasteiger partial charge in [0.1, 0.15) is 11.4 Å². The molecule has 0 radical (unpaired) electrons. The zero-order chi connectivity index (χ0) is 19.7. The maximum atomic E-state index is 14.3. The first-order chi connectivity index (χ1) is 13.5. The van der Waals surface area contributed by atoms with Gasteiger partial charge in [-0.25, -0.2) is 19.3 Å². The topological polar surface area (TPSA) is 71.4 Å². The lowest BCUT2D eigenvalue weighted by Crippen LogP contribution is -2.37. The number of aromatic nitrogens is 3. The van der Waals surface area contributed by atoms with Crippen molar-refractivity contribution in [1.82, 2.24) is 15.0 Å². The van der Waals surface area contributed by atoms with Crippen LogP contribution in [-0.4, -0.2) is 46.4 Å². The standard InChI is InChI=1S/C19H15BrClFN4O2/c20-11-8-12(17(27)13(21)9-11)15-2-1-3-16(24-15)18-23-10-14(22)19(25-18)26-4-6-28-7-5-26/h1-3,8-10,27H,4-7H2. The smallest absolute Gasteiger partial charge is 0.183 e. The predicted octanol–water partition coefficient (Wildman–Crippen LogP) is 4.30. The van der Waals surface area contributed by atoms with Gasteiger partial charge < -0.3 is 14.7 Å². The molecule has 1 N–H and O–H groups in total. The van der Waals surface area contributed by atoms with Crippen LogP contribution in [0, 0.1) is 5.82 Å². The maximum absolute atomic E-state index is 14.3. The lowest BCUT2D eigenvalue weighted by molar-refractivity contribution is 0.122. The van der Waals surface area contributed by atoms with E-state index in [0.29, 0.717) is 53.6 Å². The summed E-state index contributed by atoms with van der Waals surface area (Å²) in [6.45, 7) is 2.17. The third-order valence-electron chi connectivity index (χ3n) is 4.32. The van der Waals surface area contributed by atoms with Gasteiger partial charge in [0.25, 0.3) is 0 Å². The summed E-state index contributed by atoms with van der Waals surface area (Å²) < 4.78 is 20.3. The van der Waals surface area contributed by atoms with Crippen molar-refractivity contribution in [2.75, 3.05) is 31.2 Å². The second-order valence-electron chi connectivity index (χ2n) is 6.16. The van der Waals surface area contributed by atoms with E-state index in [1.165, 1.54) is 0 Å². The van der Waals surface area contributed by atoms with Crippen molar-refractivity contribution < 1.29 is 14.2 Å². The number of anilines is 1. The Kier molecular flexibility index (Phi) is 5.43. The first kappa shape index (κ1) is 19.0. The molecule has 28 heavy (non-hydrogen) atoms. The van der Waals surface area contributed by atoms with Crippen LogP contribution in [0.15, 0.2) is 41.0 Å². The lowest BCUT2D eigenvalue weighted by atomic mass is 10.1. The van der Waals surface area contributed by atoms with Crippen LogP contribution in [0.2, 0.25) is 5.02 Å². The minimum absolute atomic E-state index is 0.0662. The molecule has 3 aromatic rings. The molecule has 0 saturated carbocycles. The fraction of sp³-hybridized carbons (Fsp3) is 0.211. The molecule has 2 aromatic heterocycles. The third kappa shape index (κ3) is 3.80. The summed E-state index contributed by atoms with van der Waals surface area (Å²) in [7, 11) is 0. The Labute approximate surface area is 174 Å². The second-order valence-corrected chi connectivity index (χ2v) is 7.48. The number of aromatic hydroxyl groups is 1. The van der Waals surface area contributed by atoms with E-state index >= 15 is 0 Å². The van der Waals surface area contributed by atoms with Crippen molar-refractivity contribution in [1.29, 1.82) is 0 Å². The number of rotatable bonds is 3. The monoisotopic (exact) mass is 464 g/mol. The molecular weight excluding hydrogens is 451 g/mol. The van der Waals surface area contributed by atoms with Crippen molar-refractivity contribution >= 4 is 33.3 Å². The van der Waals surface area contributed by atoms with Gasteiger partial charge in [0.05, 0.1) is 30.1 Å². The molecule has 0 aliphatic carbocycles. The summed E-state index contributed by atoms with van der Waals surface area (Å²) >= 11 is 9.42. The van der Waals surface area contributed by atoms with Gasteiger partial charge in [0, 0.05) is 23.1 Å². The van der Waals surface area contributed by atoms with Crippen molar-refractivity contribution in [3.63, 3.8) is 0 Å². The van der Waals surface area contributed by atoms with Crippen molar-refractivity contribution in [3.05, 3.63) is 51.8 Å². The SMILES string of the molecule is Oc1c(Cl)cc(Br)cc1-c1cccc(-c2ncc(F)c(N3CCOCC3)n2)n1. The molecule has 6 nitrogen and oxygen atoms in total. The van der Waals surface area contributed by atoms with E-state index in [2.05, 4.69) is 30.9 Å². The number of hydrogen-bond acceptors (Lipinski definition) is 6. The highest BCUT2D eigenvalue weighted by Gasteiger charge is 2.19. The number of pyridine rings is 1. The molecule has 1 aliphatic heterocycles. The number of benzene rings is 1. The van der Waals surface area contributed by atoms with E-state index in [9.17, 15) is 9.50 Å². The highest BCUT2D eigenvalue weighted by molar-refractivity contribution is 9.10. The molecule has 1 fully saturated rings. The van der Waals surface area contributed by atoms with Crippen LogP contribution in [0.4, 0.5) is 10.2 Å². The van der Waals surface area contributed by atoms with E-state index < -0.39 is 5.82 Å². The number of hydrogen-bond donors (Lipinski definition) is 1. The summed E-state index contributed by atoms with van der Waals surface area (Å²) in [4.78, 5) is 14.8. The Balaban J connectivity index is 1.74. The number of phenols is 1. The average molecular weight is 466 g/mol. The minimum atomic E-state index is -0.488. The predicted molar refractivity (Wildman–Crippen MR) is 108 cm³/mol. The van der Waals surface area contributed by atoms with Gasteiger partial charge >= 0.3 is 0 Å². The summed E-state index contributed by atoms with van der Waals surface area (Å²) in [6.07, 6.45) is 1.15. The first-order valence-corrected chi connectivity index (χ1v) is 9.71. The van der Waals surface area contributed by atoms with Crippen LogP contribution in [0.25, 0.3) is 22.8 Å². The zero-order valence-electron chi connectivity index (χ0n) is 14.6. The second kappa shape index (κ2) is 7.98. The first-order valence-electron chi connectivity index (χ1n) is 8.54. The van der Waals surface area contributed by atoms with Crippen LogP contribution in [0.5, 0.6) is 5.75 Å². The van der Waals surface area contributed by atoms with E-state index in [-0.39, 0.29) is 16.6 Å². The molecule has 0 unspecified atom stereocenters. The summed E-state index contributed by atoms with van der Waals surface area (Å²) in [5.41, 5.74) is 1.43. The molecule has 1 saturated heterocycles. The molecule has 0 amide bonds. The van der Waals surface area contributed by atoms with Gasteiger partial charge in [-0.2, -0.15) is 0 Å². The summed E-state index contributed by atoms with van der Waals surface area (Å²) in [5.74, 6) is -0.0269. The molecule has 1 aliphatic rings. The summed E-state index contributed by atoms with van der Waals surface area (Å²) in [6, 6.07) is 8.57. The van der Waals surface area contributed by atoms with Gasteiger partial charge in [-0.05, 0) is 24.3 Å². The Bertz CT molecular complexity index is 1030. The quantitative estimate of drug-likeness (QED) is 0.622. The van der Waals surface area contributed by atoms with E-state index in [0.717, 1.165) is 6.20 Å². The normalized spacial score (nSPS) is 14.3. The van der Waals surface area contributed by atoms with Crippen molar-refractivity contribution in [2.45, 2.75) is 0 Å². The Morgan fingerprint density at radius 3 is 2.68 bits per heavy atom. The number of halogens is 3.